The van der Waals surface area contributed by atoms with Gasteiger partial charge in [-0.1, -0.05) is 6.07 Å². The topological polar surface area (TPSA) is 61.8 Å². The summed E-state index contributed by atoms with van der Waals surface area (Å²) in [6.07, 6.45) is 1.87. The van der Waals surface area contributed by atoms with E-state index in [4.69, 9.17) is 15.2 Å². The highest BCUT2D eigenvalue weighted by atomic mass is 35.5. The van der Waals surface area contributed by atoms with Gasteiger partial charge in [0.25, 0.3) is 5.88 Å². The molecule has 2 N–H and O–H groups in total. The zero-order valence-corrected chi connectivity index (χ0v) is 12.9. The summed E-state index contributed by atoms with van der Waals surface area (Å²) in [5, 5.41) is 4.36. The van der Waals surface area contributed by atoms with Gasteiger partial charge in [-0.15, -0.1) is 5.10 Å². The van der Waals surface area contributed by atoms with Crippen LogP contribution in [0, 0.1) is 0 Å². The zero-order valence-electron chi connectivity index (χ0n) is 12.2. The van der Waals surface area contributed by atoms with Crippen molar-refractivity contribution in [2.24, 2.45) is 0 Å². The van der Waals surface area contributed by atoms with Gasteiger partial charge in [-0.3, -0.25) is 0 Å². The lowest BCUT2D eigenvalue weighted by atomic mass is 10.3. The molecule has 0 aliphatic carbocycles. The first-order valence-electron chi connectivity index (χ1n) is 6.95. The van der Waals surface area contributed by atoms with Gasteiger partial charge in [-0.2, -0.15) is 0 Å². The molecule has 0 radical (unpaired) electrons. The van der Waals surface area contributed by atoms with Crippen molar-refractivity contribution < 1.29 is 26.4 Å². The molecule has 1 aliphatic heterocycles. The second-order valence-electron chi connectivity index (χ2n) is 5.50. The van der Waals surface area contributed by atoms with Crippen LogP contribution in [0.1, 0.15) is 0 Å². The van der Waals surface area contributed by atoms with E-state index in [1.54, 1.807) is 4.52 Å². The van der Waals surface area contributed by atoms with E-state index in [1.807, 2.05) is 24.4 Å². The standard InChI is InChI=1S/C14H21N4O2.ClH/c1-18(6-9-19-10-7-18)8-11-20-14-13(15)12-4-2-3-5-17(12)16-14;/h2-5H,6-11,15H2,1H3;1H/q+1;/p-1. The van der Waals surface area contributed by atoms with Crippen molar-refractivity contribution in [1.29, 1.82) is 0 Å². The highest BCUT2D eigenvalue weighted by Gasteiger charge is 2.25. The molecule has 0 spiro atoms. The lowest BCUT2D eigenvalue weighted by Gasteiger charge is -2.37. The van der Waals surface area contributed by atoms with Gasteiger partial charge in [-0.25, -0.2) is 4.52 Å². The highest BCUT2D eigenvalue weighted by Crippen LogP contribution is 2.24. The first-order valence-corrected chi connectivity index (χ1v) is 6.95. The lowest BCUT2D eigenvalue weighted by Crippen LogP contribution is -3.00. The number of likely N-dealkylation sites (N-methyl/N-ethyl adjacent to an activating group) is 1. The highest BCUT2D eigenvalue weighted by molar-refractivity contribution is 5.74. The number of anilines is 1. The van der Waals surface area contributed by atoms with Gasteiger partial charge in [0, 0.05) is 6.20 Å². The Labute approximate surface area is 130 Å². The molecule has 2 aromatic rings. The lowest BCUT2D eigenvalue weighted by molar-refractivity contribution is -0.916. The second kappa shape index (κ2) is 6.51. The largest absolute Gasteiger partial charge is 1.00 e. The third-order valence-corrected chi connectivity index (χ3v) is 3.97. The molecule has 0 unspecified atom stereocenters. The average Bonchev–Trinajstić information content (AvgIpc) is 2.77. The monoisotopic (exact) mass is 312 g/mol. The Hall–Kier alpha value is -1.50. The van der Waals surface area contributed by atoms with Crippen molar-refractivity contribution >= 4 is 11.2 Å². The molecule has 1 saturated heterocycles. The first-order chi connectivity index (χ1) is 9.68. The molecule has 6 nitrogen and oxygen atoms in total. The Morgan fingerprint density at radius 3 is 2.86 bits per heavy atom. The van der Waals surface area contributed by atoms with Crippen LogP contribution in [0.4, 0.5) is 5.69 Å². The molecule has 21 heavy (non-hydrogen) atoms. The molecule has 0 atom stereocenters. The Morgan fingerprint density at radius 2 is 2.14 bits per heavy atom. The first kappa shape index (κ1) is 15.9. The fourth-order valence-electron chi connectivity index (χ4n) is 2.47. The Bertz CT molecular complexity index is 596. The number of pyridine rings is 1. The summed E-state index contributed by atoms with van der Waals surface area (Å²) >= 11 is 0. The van der Waals surface area contributed by atoms with E-state index in [0.29, 0.717) is 18.2 Å². The molecule has 1 fully saturated rings. The molecule has 0 aromatic carbocycles. The van der Waals surface area contributed by atoms with Crippen LogP contribution in [0.3, 0.4) is 0 Å². The number of hydrogen-bond acceptors (Lipinski definition) is 4. The van der Waals surface area contributed by atoms with Crippen molar-refractivity contribution in [2.75, 3.05) is 52.2 Å². The summed E-state index contributed by atoms with van der Waals surface area (Å²) in [6, 6.07) is 5.80. The van der Waals surface area contributed by atoms with E-state index in [2.05, 4.69) is 12.1 Å². The van der Waals surface area contributed by atoms with Gasteiger partial charge in [0.15, 0.2) is 0 Å². The summed E-state index contributed by atoms with van der Waals surface area (Å²) in [6.45, 7) is 5.27. The predicted molar refractivity (Wildman–Crippen MR) is 76.7 cm³/mol. The number of ether oxygens (including phenoxy) is 2. The molecular weight excluding hydrogens is 292 g/mol. The maximum absolute atomic E-state index is 6.06. The number of fused-ring (bicyclic) bond motifs is 1. The second-order valence-corrected chi connectivity index (χ2v) is 5.50. The molecular formula is C14H21ClN4O2. The molecule has 0 amide bonds. The summed E-state index contributed by atoms with van der Waals surface area (Å²) in [5.41, 5.74) is 7.55. The van der Waals surface area contributed by atoms with Crippen LogP contribution in [0.25, 0.3) is 5.52 Å². The third kappa shape index (κ3) is 3.40. The average molecular weight is 313 g/mol. The maximum atomic E-state index is 6.06. The van der Waals surface area contributed by atoms with E-state index in [-0.39, 0.29) is 12.4 Å². The normalized spacial score (nSPS) is 17.4. The molecule has 2 aromatic heterocycles. The maximum Gasteiger partial charge on any atom is 0.257 e. The Morgan fingerprint density at radius 1 is 1.38 bits per heavy atom. The van der Waals surface area contributed by atoms with Crippen molar-refractivity contribution in [1.82, 2.24) is 9.61 Å². The van der Waals surface area contributed by atoms with Crippen molar-refractivity contribution in [3.8, 4) is 5.88 Å². The van der Waals surface area contributed by atoms with Gasteiger partial charge in [0.05, 0.1) is 25.8 Å². The van der Waals surface area contributed by atoms with Crippen molar-refractivity contribution in [2.45, 2.75) is 0 Å². The van der Waals surface area contributed by atoms with Crippen molar-refractivity contribution in [3.05, 3.63) is 24.4 Å². The van der Waals surface area contributed by atoms with Gasteiger partial charge in [0.1, 0.15) is 31.9 Å². The van der Waals surface area contributed by atoms with E-state index >= 15 is 0 Å². The van der Waals surface area contributed by atoms with Crippen LogP contribution < -0.4 is 22.9 Å². The smallest absolute Gasteiger partial charge is 0.257 e. The van der Waals surface area contributed by atoms with Crippen LogP contribution in [-0.4, -0.2) is 60.6 Å². The third-order valence-electron chi connectivity index (χ3n) is 3.97. The number of quaternary nitrogens is 1. The minimum atomic E-state index is 0. The Balaban J connectivity index is 0.00000161. The number of rotatable bonds is 4. The number of nitrogens with two attached hydrogens (primary N) is 1. The summed E-state index contributed by atoms with van der Waals surface area (Å²) in [4.78, 5) is 0. The Kier molecular flexibility index (Phi) is 4.92. The number of nitrogen functional groups attached to an aromatic ring is 1. The van der Waals surface area contributed by atoms with Crippen LogP contribution in [0.15, 0.2) is 24.4 Å². The minimum Gasteiger partial charge on any atom is -1.00 e. The minimum absolute atomic E-state index is 0. The molecule has 3 heterocycles. The van der Waals surface area contributed by atoms with Gasteiger partial charge >= 0.3 is 0 Å². The fraction of sp³-hybridized carbons (Fsp3) is 0.500. The molecule has 0 saturated carbocycles. The van der Waals surface area contributed by atoms with Gasteiger partial charge in [0.2, 0.25) is 0 Å². The van der Waals surface area contributed by atoms with Crippen LogP contribution in [-0.2, 0) is 4.74 Å². The van der Waals surface area contributed by atoms with Crippen molar-refractivity contribution in [3.63, 3.8) is 0 Å². The molecule has 0 bridgehead atoms. The van der Waals surface area contributed by atoms with E-state index in [1.165, 1.54) is 0 Å². The zero-order chi connectivity index (χ0) is 14.0. The number of nitrogens with zero attached hydrogens (tertiary/aromatic N) is 3. The van der Waals surface area contributed by atoms with E-state index in [9.17, 15) is 0 Å². The quantitative estimate of drug-likeness (QED) is 0.650. The summed E-state index contributed by atoms with van der Waals surface area (Å²) in [7, 11) is 2.24. The SMILES string of the molecule is C[N+]1(CCOc2nn3ccccc3c2N)CCOCC1.[Cl-]. The molecule has 116 valence electrons. The molecule has 1 aliphatic rings. The molecule has 3 rings (SSSR count). The van der Waals surface area contributed by atoms with Crippen LogP contribution in [0.2, 0.25) is 0 Å². The fourth-order valence-corrected chi connectivity index (χ4v) is 2.47. The number of hydrogen-bond donors (Lipinski definition) is 1. The van der Waals surface area contributed by atoms with Gasteiger partial charge < -0.3 is 32.1 Å². The summed E-state index contributed by atoms with van der Waals surface area (Å²) in [5.74, 6) is 0.524. The van der Waals surface area contributed by atoms with E-state index in [0.717, 1.165) is 42.8 Å². The number of halogens is 1. The predicted octanol–water partition coefficient (Wildman–Crippen LogP) is -2.22. The molecule has 7 heteroatoms. The number of aromatic nitrogens is 2. The van der Waals surface area contributed by atoms with Crippen LogP contribution >= 0.6 is 0 Å². The van der Waals surface area contributed by atoms with E-state index < -0.39 is 0 Å². The van der Waals surface area contributed by atoms with Gasteiger partial charge in [-0.05, 0) is 12.1 Å². The van der Waals surface area contributed by atoms with Crippen LogP contribution in [0.5, 0.6) is 5.88 Å². The number of morpholine rings is 1. The summed E-state index contributed by atoms with van der Waals surface area (Å²) < 4.78 is 13.9.